The van der Waals surface area contributed by atoms with Crippen molar-refractivity contribution in [2.24, 2.45) is 28.9 Å². The molecular weight excluding hydrogens is 758 g/mol. The first-order valence-electron chi connectivity index (χ1n) is 20.4. The smallest absolute Gasteiger partial charge is 0.243 e. The van der Waals surface area contributed by atoms with Crippen molar-refractivity contribution < 1.29 is 52.4 Å². The van der Waals surface area contributed by atoms with Crippen molar-refractivity contribution in [2.75, 3.05) is 105 Å². The number of hydrogen-bond acceptors (Lipinski definition) is 15. The molecule has 0 aliphatic heterocycles. The molecule has 20 heteroatoms. The van der Waals surface area contributed by atoms with Crippen LogP contribution in [0.2, 0.25) is 0 Å². The zero-order chi connectivity index (χ0) is 43.8. The summed E-state index contributed by atoms with van der Waals surface area (Å²) in [5.74, 6) is -1.81. The summed E-state index contributed by atoms with van der Waals surface area (Å²) in [6.07, 6.45) is 3.35. The third-order valence-electron chi connectivity index (χ3n) is 7.80. The molecule has 0 aromatic heterocycles. The Bertz CT molecular complexity index is 1090. The Morgan fingerprint density at radius 3 is 1.53 bits per heavy atom. The summed E-state index contributed by atoms with van der Waals surface area (Å²) in [7, 11) is 0. The second-order valence-corrected chi connectivity index (χ2v) is 13.1. The van der Waals surface area contributed by atoms with Crippen molar-refractivity contribution in [3.8, 4) is 0 Å². The molecule has 5 amide bonds. The van der Waals surface area contributed by atoms with Gasteiger partial charge in [0.05, 0.1) is 91.1 Å². The second-order valence-electron chi connectivity index (χ2n) is 13.1. The number of rotatable bonds is 39. The molecule has 0 radical (unpaired) electrons. The van der Waals surface area contributed by atoms with Gasteiger partial charge in [0.25, 0.3) is 0 Å². The van der Waals surface area contributed by atoms with Gasteiger partial charge in [0.2, 0.25) is 29.5 Å². The molecule has 0 saturated carbocycles. The molecule has 20 nitrogen and oxygen atoms in total. The van der Waals surface area contributed by atoms with Crippen LogP contribution in [-0.4, -0.2) is 153 Å². The Hall–Kier alpha value is -3.63. The highest BCUT2D eigenvalue weighted by Gasteiger charge is 2.27. The summed E-state index contributed by atoms with van der Waals surface area (Å²) in [6, 6.07) is -2.27. The minimum absolute atomic E-state index is 0.0364. The SMILES string of the molecule is C=C(N)NCCCC(NC(=O)C(NC(=O)CCOCCOCCOCCNC(=O)CCOCCOCCOCCNC(=O)C(N)CCCCN)C(C)C)C(N)=O.CC. The quantitative estimate of drug-likeness (QED) is 0.0318. The van der Waals surface area contributed by atoms with Gasteiger partial charge in [0, 0.05) is 32.5 Å². The lowest BCUT2D eigenvalue weighted by atomic mass is 10.0. The number of unbranched alkanes of at least 4 members (excludes halogenated alkanes) is 1. The summed E-state index contributed by atoms with van der Waals surface area (Å²) in [5.41, 5.74) is 22.2. The van der Waals surface area contributed by atoms with Gasteiger partial charge < -0.3 is 77.9 Å². The van der Waals surface area contributed by atoms with E-state index in [0.29, 0.717) is 111 Å². The summed E-state index contributed by atoms with van der Waals surface area (Å²) >= 11 is 0. The van der Waals surface area contributed by atoms with E-state index < -0.39 is 29.9 Å². The molecule has 3 unspecified atom stereocenters. The Labute approximate surface area is 345 Å². The molecule has 0 rings (SSSR count). The van der Waals surface area contributed by atoms with Crippen molar-refractivity contribution in [3.63, 3.8) is 0 Å². The predicted octanol–water partition coefficient (Wildman–Crippen LogP) is -1.51. The van der Waals surface area contributed by atoms with Crippen molar-refractivity contribution in [1.29, 1.82) is 0 Å². The number of nitrogens with one attached hydrogen (secondary N) is 5. The lowest BCUT2D eigenvalue weighted by Gasteiger charge is -2.24. The Morgan fingerprint density at radius 1 is 0.569 bits per heavy atom. The lowest BCUT2D eigenvalue weighted by Crippen LogP contribution is -2.54. The maximum atomic E-state index is 12.8. The molecule has 13 N–H and O–H groups in total. The number of amides is 5. The van der Waals surface area contributed by atoms with E-state index in [9.17, 15) is 24.0 Å². The lowest BCUT2D eigenvalue weighted by molar-refractivity contribution is -0.132. The largest absolute Gasteiger partial charge is 0.386 e. The Balaban J connectivity index is 0. The molecule has 0 fully saturated rings. The molecule has 0 heterocycles. The van der Waals surface area contributed by atoms with Gasteiger partial charge >= 0.3 is 0 Å². The van der Waals surface area contributed by atoms with Crippen molar-refractivity contribution in [2.45, 2.75) is 90.8 Å². The van der Waals surface area contributed by atoms with Crippen LogP contribution in [0.1, 0.15) is 72.6 Å². The number of carbonyl (C=O) groups is 5. The Morgan fingerprint density at radius 2 is 1.05 bits per heavy atom. The third-order valence-corrected chi connectivity index (χ3v) is 7.80. The highest BCUT2D eigenvalue weighted by molar-refractivity contribution is 5.91. The monoisotopic (exact) mass is 836 g/mol. The summed E-state index contributed by atoms with van der Waals surface area (Å²) in [5, 5.41) is 13.7. The van der Waals surface area contributed by atoms with Crippen LogP contribution in [0, 0.1) is 5.92 Å². The maximum Gasteiger partial charge on any atom is 0.243 e. The van der Waals surface area contributed by atoms with Crippen LogP contribution >= 0.6 is 0 Å². The standard InChI is InChI=1S/C36H71N9O11.C2H6/c1-27(2)33(36(50)44-30(34(40)48)8-6-12-41-28(3)38)45-32(47)10-16-52-20-24-56-25-21-53-17-13-42-31(46)9-15-51-19-23-55-26-22-54-18-14-43-35(49)29(39)7-4-5-11-37;1-2/h27,29-30,33,41H,3-26,37-39H2,1-2H3,(H2,40,48)(H,42,46)(H,43,49)(H,44,50)(H,45,47);1-2H3. The molecule has 0 bridgehead atoms. The molecule has 58 heavy (non-hydrogen) atoms. The van der Waals surface area contributed by atoms with Crippen LogP contribution in [-0.2, 0) is 52.4 Å². The molecule has 3 atom stereocenters. The van der Waals surface area contributed by atoms with Gasteiger partial charge in [0.1, 0.15) is 12.1 Å². The van der Waals surface area contributed by atoms with Crippen LogP contribution < -0.4 is 49.5 Å². The third kappa shape index (κ3) is 35.5. The van der Waals surface area contributed by atoms with E-state index in [1.54, 1.807) is 13.8 Å². The summed E-state index contributed by atoms with van der Waals surface area (Å²) in [4.78, 5) is 60.9. The van der Waals surface area contributed by atoms with Crippen LogP contribution in [0.5, 0.6) is 0 Å². The van der Waals surface area contributed by atoms with E-state index in [1.165, 1.54) is 0 Å². The van der Waals surface area contributed by atoms with Gasteiger partial charge in [-0.1, -0.05) is 40.7 Å². The zero-order valence-electron chi connectivity index (χ0n) is 35.6. The highest BCUT2D eigenvalue weighted by Crippen LogP contribution is 2.05. The first kappa shape index (κ1) is 56.5. The maximum absolute atomic E-state index is 12.8. The van der Waals surface area contributed by atoms with E-state index in [-0.39, 0.29) is 56.3 Å². The fraction of sp³-hybridized carbons (Fsp3) is 0.816. The second kappa shape index (κ2) is 40.2. The summed E-state index contributed by atoms with van der Waals surface area (Å²) < 4.78 is 32.6. The predicted molar refractivity (Wildman–Crippen MR) is 221 cm³/mol. The van der Waals surface area contributed by atoms with Crippen molar-refractivity contribution in [1.82, 2.24) is 26.6 Å². The number of ether oxygens (including phenoxy) is 6. The number of nitrogens with two attached hydrogens (primary N) is 4. The Kier molecular flexibility index (Phi) is 39.1. The van der Waals surface area contributed by atoms with E-state index in [2.05, 4.69) is 33.2 Å². The average Bonchev–Trinajstić information content (AvgIpc) is 3.19. The topological polar surface area (TPSA) is 305 Å². The fourth-order valence-electron chi connectivity index (χ4n) is 4.66. The molecule has 0 aromatic rings. The molecule has 0 saturated heterocycles. The van der Waals surface area contributed by atoms with E-state index >= 15 is 0 Å². The summed E-state index contributed by atoms with van der Waals surface area (Å²) in [6.45, 7) is 16.7. The van der Waals surface area contributed by atoms with Gasteiger partial charge in [-0.3, -0.25) is 24.0 Å². The average molecular weight is 836 g/mol. The molecular formula is C38H77N9O11. The molecule has 0 spiro atoms. The minimum atomic E-state index is -0.889. The van der Waals surface area contributed by atoms with Gasteiger partial charge in [-0.25, -0.2) is 0 Å². The molecule has 0 aromatic carbocycles. The van der Waals surface area contributed by atoms with Crippen molar-refractivity contribution >= 4 is 29.5 Å². The van der Waals surface area contributed by atoms with Gasteiger partial charge in [-0.15, -0.1) is 0 Å². The number of carbonyl (C=O) groups excluding carboxylic acids is 5. The van der Waals surface area contributed by atoms with Crippen LogP contribution in [0.15, 0.2) is 12.4 Å². The van der Waals surface area contributed by atoms with Crippen LogP contribution in [0.25, 0.3) is 0 Å². The molecule has 0 aliphatic carbocycles. The fourth-order valence-corrected chi connectivity index (χ4v) is 4.66. The van der Waals surface area contributed by atoms with Crippen LogP contribution in [0.3, 0.4) is 0 Å². The van der Waals surface area contributed by atoms with Crippen molar-refractivity contribution in [3.05, 3.63) is 12.4 Å². The highest BCUT2D eigenvalue weighted by atomic mass is 16.5. The molecule has 0 aliphatic rings. The van der Waals surface area contributed by atoms with E-state index in [4.69, 9.17) is 51.4 Å². The van der Waals surface area contributed by atoms with Gasteiger partial charge in [-0.2, -0.15) is 0 Å². The molecule has 340 valence electrons. The first-order chi connectivity index (χ1) is 27.9. The van der Waals surface area contributed by atoms with E-state index in [0.717, 1.165) is 12.8 Å². The van der Waals surface area contributed by atoms with Crippen LogP contribution in [0.4, 0.5) is 0 Å². The number of hydrogen-bond donors (Lipinski definition) is 9. The zero-order valence-corrected chi connectivity index (χ0v) is 35.6. The van der Waals surface area contributed by atoms with Gasteiger partial charge in [0.15, 0.2) is 0 Å². The number of primary amides is 1. The normalized spacial score (nSPS) is 12.4. The van der Waals surface area contributed by atoms with Gasteiger partial charge in [-0.05, 0) is 38.1 Å². The minimum Gasteiger partial charge on any atom is -0.386 e. The van der Waals surface area contributed by atoms with E-state index in [1.807, 2.05) is 13.8 Å². The first-order valence-corrected chi connectivity index (χ1v) is 20.4.